The maximum Gasteiger partial charge on any atom is 0.283 e. The lowest BCUT2D eigenvalue weighted by molar-refractivity contribution is -0.114. The van der Waals surface area contributed by atoms with Crippen molar-refractivity contribution in [1.82, 2.24) is 9.47 Å². The van der Waals surface area contributed by atoms with Gasteiger partial charge in [0.25, 0.3) is 5.91 Å². The molecule has 0 bridgehead atoms. The SMILES string of the molecule is Cc1cccc(-n2c(C)cc(/C=C3/C(=N)N4C(=NC3=O)SN=C4S(C)(=O)=O)c2C)c1C. The van der Waals surface area contributed by atoms with Crippen molar-refractivity contribution >= 4 is 49.9 Å². The highest BCUT2D eigenvalue weighted by atomic mass is 32.2. The number of nitrogens with one attached hydrogen (secondary N) is 1. The molecule has 0 aliphatic carbocycles. The minimum atomic E-state index is -3.68. The van der Waals surface area contributed by atoms with Crippen LogP contribution >= 0.6 is 11.9 Å². The molecule has 0 saturated heterocycles. The summed E-state index contributed by atoms with van der Waals surface area (Å²) >= 11 is 0.779. The number of hydrogen-bond donors (Lipinski definition) is 1. The highest BCUT2D eigenvalue weighted by Gasteiger charge is 2.41. The van der Waals surface area contributed by atoms with Crippen molar-refractivity contribution in [3.8, 4) is 5.69 Å². The third-order valence-corrected chi connectivity index (χ3v) is 7.17. The van der Waals surface area contributed by atoms with Crippen LogP contribution in [-0.2, 0) is 14.6 Å². The number of rotatable bonds is 2. The van der Waals surface area contributed by atoms with Crippen molar-refractivity contribution in [2.24, 2.45) is 9.39 Å². The number of sulfone groups is 1. The summed E-state index contributed by atoms with van der Waals surface area (Å²) in [5.41, 5.74) is 6.04. The van der Waals surface area contributed by atoms with Gasteiger partial charge in [0.15, 0.2) is 0 Å². The number of carbonyl (C=O) groups is 1. The minimum absolute atomic E-state index is 0.0174. The average molecular weight is 456 g/mol. The van der Waals surface area contributed by atoms with Crippen LogP contribution < -0.4 is 0 Å². The van der Waals surface area contributed by atoms with Gasteiger partial charge in [-0.3, -0.25) is 10.2 Å². The Morgan fingerprint density at radius 1 is 1.16 bits per heavy atom. The van der Waals surface area contributed by atoms with Gasteiger partial charge >= 0.3 is 0 Å². The Morgan fingerprint density at radius 3 is 2.55 bits per heavy atom. The normalized spacial score (nSPS) is 17.8. The molecule has 160 valence electrons. The van der Waals surface area contributed by atoms with E-state index in [1.54, 1.807) is 6.08 Å². The van der Waals surface area contributed by atoms with Crippen LogP contribution in [0.5, 0.6) is 0 Å². The highest BCUT2D eigenvalue weighted by Crippen LogP contribution is 2.31. The van der Waals surface area contributed by atoms with Crippen molar-refractivity contribution in [1.29, 1.82) is 5.41 Å². The van der Waals surface area contributed by atoms with Gasteiger partial charge in [0.2, 0.25) is 20.2 Å². The van der Waals surface area contributed by atoms with E-state index in [1.165, 1.54) is 5.56 Å². The molecule has 0 unspecified atom stereocenters. The predicted octanol–water partition coefficient (Wildman–Crippen LogP) is 3.33. The number of amidine groups is 3. The zero-order chi connectivity index (χ0) is 22.7. The molecule has 0 radical (unpaired) electrons. The van der Waals surface area contributed by atoms with E-state index >= 15 is 0 Å². The van der Waals surface area contributed by atoms with Crippen LogP contribution in [0.3, 0.4) is 0 Å². The number of aromatic nitrogens is 1. The van der Waals surface area contributed by atoms with Gasteiger partial charge in [0.05, 0.1) is 17.5 Å². The van der Waals surface area contributed by atoms with Crippen LogP contribution in [0.15, 0.2) is 39.2 Å². The van der Waals surface area contributed by atoms with E-state index in [1.807, 2.05) is 32.0 Å². The Balaban J connectivity index is 1.82. The Kier molecular flexibility index (Phi) is 5.01. The summed E-state index contributed by atoms with van der Waals surface area (Å²) in [6.45, 7) is 8.05. The first-order valence-electron chi connectivity index (χ1n) is 9.45. The van der Waals surface area contributed by atoms with Gasteiger partial charge in [-0.05, 0) is 62.6 Å². The molecular weight excluding hydrogens is 434 g/mol. The van der Waals surface area contributed by atoms with Crippen molar-refractivity contribution in [3.05, 3.63) is 57.9 Å². The molecule has 4 rings (SSSR count). The fraction of sp³-hybridized carbons (Fsp3) is 0.238. The summed E-state index contributed by atoms with van der Waals surface area (Å²) in [4.78, 5) is 17.7. The number of carbonyl (C=O) groups excluding carboxylic acids is 1. The smallest absolute Gasteiger partial charge is 0.283 e. The fourth-order valence-corrected chi connectivity index (χ4v) is 5.52. The van der Waals surface area contributed by atoms with Gasteiger partial charge in [-0.1, -0.05) is 12.1 Å². The molecule has 1 aromatic heterocycles. The fourth-order valence-electron chi connectivity index (χ4n) is 3.68. The molecule has 0 spiro atoms. The summed E-state index contributed by atoms with van der Waals surface area (Å²) in [6.07, 6.45) is 2.61. The monoisotopic (exact) mass is 455 g/mol. The predicted molar refractivity (Wildman–Crippen MR) is 125 cm³/mol. The molecule has 1 amide bonds. The number of aliphatic imine (C=N–C) groups is 1. The van der Waals surface area contributed by atoms with Crippen LogP contribution in [0, 0.1) is 33.1 Å². The van der Waals surface area contributed by atoms with Crippen molar-refractivity contribution in [2.45, 2.75) is 27.7 Å². The van der Waals surface area contributed by atoms with Gasteiger partial charge in [0, 0.05) is 23.3 Å². The molecular formula is C21H21N5O3S2. The molecule has 2 aliphatic rings. The Bertz CT molecular complexity index is 1360. The maximum atomic E-state index is 12.6. The first kappa shape index (κ1) is 21.3. The Morgan fingerprint density at radius 2 is 1.87 bits per heavy atom. The number of benzene rings is 1. The third kappa shape index (κ3) is 3.45. The molecule has 2 aromatic rings. The van der Waals surface area contributed by atoms with Crippen LogP contribution in [0.2, 0.25) is 0 Å². The lowest BCUT2D eigenvalue weighted by Gasteiger charge is -2.23. The van der Waals surface area contributed by atoms with E-state index in [2.05, 4.69) is 33.9 Å². The zero-order valence-electron chi connectivity index (χ0n) is 17.7. The van der Waals surface area contributed by atoms with E-state index in [4.69, 9.17) is 5.41 Å². The van der Waals surface area contributed by atoms with Crippen LogP contribution in [0.25, 0.3) is 11.8 Å². The van der Waals surface area contributed by atoms with Crippen molar-refractivity contribution < 1.29 is 13.2 Å². The van der Waals surface area contributed by atoms with Gasteiger partial charge in [-0.2, -0.15) is 9.39 Å². The molecule has 0 atom stereocenters. The van der Waals surface area contributed by atoms with E-state index in [0.29, 0.717) is 0 Å². The van der Waals surface area contributed by atoms with E-state index in [0.717, 1.165) is 51.3 Å². The molecule has 2 aliphatic heterocycles. The summed E-state index contributed by atoms with van der Waals surface area (Å²) in [6, 6.07) is 8.04. The second kappa shape index (κ2) is 7.31. The summed E-state index contributed by atoms with van der Waals surface area (Å²) < 4.78 is 30.1. The van der Waals surface area contributed by atoms with E-state index < -0.39 is 15.7 Å². The first-order valence-corrected chi connectivity index (χ1v) is 12.1. The first-order chi connectivity index (χ1) is 14.5. The van der Waals surface area contributed by atoms with Gasteiger partial charge in [-0.25, -0.2) is 13.3 Å². The molecule has 8 nitrogen and oxygen atoms in total. The maximum absolute atomic E-state index is 12.6. The van der Waals surface area contributed by atoms with Crippen LogP contribution in [0.4, 0.5) is 0 Å². The van der Waals surface area contributed by atoms with Crippen LogP contribution in [0.1, 0.15) is 28.1 Å². The van der Waals surface area contributed by atoms with Crippen molar-refractivity contribution in [2.75, 3.05) is 6.26 Å². The second-order valence-electron chi connectivity index (χ2n) is 7.56. The van der Waals surface area contributed by atoms with Crippen LogP contribution in [-0.4, -0.2) is 46.2 Å². The molecule has 1 N–H and O–H groups in total. The second-order valence-corrected chi connectivity index (χ2v) is 10.2. The lowest BCUT2D eigenvalue weighted by atomic mass is 10.1. The van der Waals surface area contributed by atoms with Crippen molar-refractivity contribution in [3.63, 3.8) is 0 Å². The number of nitrogens with zero attached hydrogens (tertiary/aromatic N) is 4. The number of fused-ring (bicyclic) bond motifs is 1. The molecule has 0 saturated carbocycles. The number of aryl methyl sites for hydroxylation is 2. The standard InChI is InChI=1S/C21H21N5O3S2/c1-11-7-6-8-17(13(11)3)25-12(2)9-15(14(25)4)10-16-18(22)26-20(23-19(16)27)30-24-21(26)31(5,28)29/h6-10,22H,1-5H3/b16-10-,22-18?. The third-order valence-electron chi connectivity index (χ3n) is 5.41. The van der Waals surface area contributed by atoms with Gasteiger partial charge < -0.3 is 4.57 Å². The van der Waals surface area contributed by atoms with Gasteiger partial charge in [-0.15, -0.1) is 0 Å². The molecule has 3 heterocycles. The average Bonchev–Trinajstić information content (AvgIpc) is 3.22. The quantitative estimate of drug-likeness (QED) is 0.552. The summed E-state index contributed by atoms with van der Waals surface area (Å²) in [5, 5.41) is 8.30. The molecule has 0 fully saturated rings. The lowest BCUT2D eigenvalue weighted by Crippen LogP contribution is -2.45. The van der Waals surface area contributed by atoms with Gasteiger partial charge in [0.1, 0.15) is 5.84 Å². The summed E-state index contributed by atoms with van der Waals surface area (Å²) in [5.74, 6) is -0.842. The van der Waals surface area contributed by atoms with E-state index in [9.17, 15) is 13.2 Å². The largest absolute Gasteiger partial charge is 0.318 e. The zero-order valence-corrected chi connectivity index (χ0v) is 19.3. The minimum Gasteiger partial charge on any atom is -0.318 e. The number of hydrogen-bond acceptors (Lipinski definition) is 6. The van der Waals surface area contributed by atoms with E-state index in [-0.39, 0.29) is 21.7 Å². The molecule has 1 aromatic carbocycles. The topological polar surface area (TPSA) is 108 Å². The summed E-state index contributed by atoms with van der Waals surface area (Å²) in [7, 11) is -3.68. The molecule has 10 heteroatoms. The Labute approximate surface area is 185 Å². The highest BCUT2D eigenvalue weighted by molar-refractivity contribution is 8.16. The molecule has 31 heavy (non-hydrogen) atoms. The number of amides is 1. The Hall–Kier alpha value is -2.98.